The van der Waals surface area contributed by atoms with Crippen molar-refractivity contribution in [3.05, 3.63) is 58.6 Å². The summed E-state index contributed by atoms with van der Waals surface area (Å²) in [6.07, 6.45) is 0. The Hall–Kier alpha value is -2.25. The van der Waals surface area contributed by atoms with E-state index in [2.05, 4.69) is 26.1 Å². The number of benzene rings is 2. The molecule has 0 spiro atoms. The molecule has 0 atom stereocenters. The lowest BCUT2D eigenvalue weighted by molar-refractivity contribution is 0.0993. The van der Waals surface area contributed by atoms with Crippen LogP contribution in [0.2, 0.25) is 0 Å². The van der Waals surface area contributed by atoms with Gasteiger partial charge in [-0.25, -0.2) is 0 Å². The predicted octanol–water partition coefficient (Wildman–Crippen LogP) is 4.64. The Bertz CT molecular complexity index is 863. The van der Waals surface area contributed by atoms with Gasteiger partial charge in [-0.05, 0) is 43.3 Å². The van der Waals surface area contributed by atoms with Gasteiger partial charge in [-0.2, -0.15) is 0 Å². The maximum atomic E-state index is 12.6. The molecule has 0 saturated carbocycles. The summed E-state index contributed by atoms with van der Waals surface area (Å²) in [7, 11) is 1.70. The molecule has 0 aliphatic heterocycles. The molecule has 7 heteroatoms. The van der Waals surface area contributed by atoms with Gasteiger partial charge in [0.05, 0.1) is 6.61 Å². The normalized spacial score (nSPS) is 10.5. The first-order valence-electron chi connectivity index (χ1n) is 7.69. The minimum Gasteiger partial charge on any atom is -0.494 e. The minimum atomic E-state index is -0.137. The van der Waals surface area contributed by atoms with Gasteiger partial charge in [0.1, 0.15) is 10.8 Å². The van der Waals surface area contributed by atoms with Crippen molar-refractivity contribution in [3.63, 3.8) is 0 Å². The highest BCUT2D eigenvalue weighted by Crippen LogP contribution is 2.29. The quantitative estimate of drug-likeness (QED) is 0.606. The van der Waals surface area contributed by atoms with Crippen molar-refractivity contribution < 1.29 is 9.53 Å². The number of ether oxygens (including phenoxy) is 1. The second-order valence-electron chi connectivity index (χ2n) is 5.22. The number of halogens is 1. The van der Waals surface area contributed by atoms with Gasteiger partial charge in [-0.3, -0.25) is 9.69 Å². The molecule has 3 rings (SSSR count). The Kier molecular flexibility index (Phi) is 5.45. The molecule has 1 heterocycles. The van der Waals surface area contributed by atoms with Crippen molar-refractivity contribution in [1.29, 1.82) is 0 Å². The maximum Gasteiger partial charge on any atom is 0.259 e. The third-order valence-corrected chi connectivity index (χ3v) is 5.09. The lowest BCUT2D eigenvalue weighted by atomic mass is 10.2. The van der Waals surface area contributed by atoms with E-state index in [1.807, 2.05) is 31.2 Å². The zero-order chi connectivity index (χ0) is 17.8. The molecule has 0 N–H and O–H groups in total. The van der Waals surface area contributed by atoms with Crippen LogP contribution >= 0.6 is 27.3 Å². The fourth-order valence-electron chi connectivity index (χ4n) is 2.20. The number of aromatic nitrogens is 2. The van der Waals surface area contributed by atoms with Gasteiger partial charge < -0.3 is 4.74 Å². The van der Waals surface area contributed by atoms with Crippen molar-refractivity contribution in [1.82, 2.24) is 10.2 Å². The van der Waals surface area contributed by atoms with Crippen LogP contribution in [0.3, 0.4) is 0 Å². The molecule has 0 aliphatic carbocycles. The van der Waals surface area contributed by atoms with Crippen LogP contribution in [0.4, 0.5) is 5.13 Å². The summed E-state index contributed by atoms with van der Waals surface area (Å²) in [5.74, 6) is 0.608. The van der Waals surface area contributed by atoms with Crippen molar-refractivity contribution in [2.24, 2.45) is 0 Å². The SMILES string of the molecule is CCOc1ccc(C(=O)N(C)c2nnc(-c3ccc(Br)cc3)s2)cc1. The highest BCUT2D eigenvalue weighted by molar-refractivity contribution is 9.10. The number of nitrogens with zero attached hydrogens (tertiary/aromatic N) is 3. The molecular formula is C18H16BrN3O2S. The standard InChI is InChI=1S/C18H16BrN3O2S/c1-3-24-15-10-6-13(7-11-15)17(23)22(2)18-21-20-16(25-18)12-4-8-14(19)9-5-12/h4-11H,3H2,1-2H3. The summed E-state index contributed by atoms with van der Waals surface area (Å²) in [5.41, 5.74) is 1.54. The summed E-state index contributed by atoms with van der Waals surface area (Å²) in [5, 5.41) is 9.66. The molecule has 25 heavy (non-hydrogen) atoms. The largest absolute Gasteiger partial charge is 0.494 e. The van der Waals surface area contributed by atoms with Gasteiger partial charge in [0.25, 0.3) is 5.91 Å². The molecule has 0 bridgehead atoms. The molecule has 5 nitrogen and oxygen atoms in total. The van der Waals surface area contributed by atoms with Crippen LogP contribution in [-0.2, 0) is 0 Å². The molecule has 128 valence electrons. The van der Waals surface area contributed by atoms with Gasteiger partial charge in [0, 0.05) is 22.6 Å². The van der Waals surface area contributed by atoms with Gasteiger partial charge in [-0.15, -0.1) is 10.2 Å². The molecule has 0 fully saturated rings. The number of carbonyl (C=O) groups excluding carboxylic acids is 1. The Morgan fingerprint density at radius 1 is 1.12 bits per heavy atom. The Labute approximate surface area is 158 Å². The molecule has 2 aromatic carbocycles. The first kappa shape index (κ1) is 17.6. The first-order chi connectivity index (χ1) is 12.1. The Morgan fingerprint density at radius 3 is 2.44 bits per heavy atom. The van der Waals surface area contributed by atoms with Crippen molar-refractivity contribution in [3.8, 4) is 16.3 Å². The van der Waals surface area contributed by atoms with Crippen LogP contribution in [0.1, 0.15) is 17.3 Å². The van der Waals surface area contributed by atoms with Crippen LogP contribution in [0, 0.1) is 0 Å². The lowest BCUT2D eigenvalue weighted by Gasteiger charge is -2.13. The average molecular weight is 418 g/mol. The number of carbonyl (C=O) groups is 1. The highest BCUT2D eigenvalue weighted by atomic mass is 79.9. The summed E-state index contributed by atoms with van der Waals surface area (Å²) >= 11 is 4.79. The van der Waals surface area contributed by atoms with E-state index in [9.17, 15) is 4.79 Å². The smallest absolute Gasteiger partial charge is 0.259 e. The first-order valence-corrected chi connectivity index (χ1v) is 9.30. The topological polar surface area (TPSA) is 55.3 Å². The van der Waals surface area contributed by atoms with Gasteiger partial charge in [-0.1, -0.05) is 39.4 Å². The van der Waals surface area contributed by atoms with Crippen LogP contribution in [-0.4, -0.2) is 29.8 Å². The maximum absolute atomic E-state index is 12.6. The summed E-state index contributed by atoms with van der Waals surface area (Å²) in [4.78, 5) is 14.1. The Balaban J connectivity index is 1.77. The van der Waals surface area contributed by atoms with E-state index in [0.29, 0.717) is 17.3 Å². The van der Waals surface area contributed by atoms with Gasteiger partial charge in [0.2, 0.25) is 5.13 Å². The molecule has 3 aromatic rings. The molecule has 0 saturated heterocycles. The van der Waals surface area contributed by atoms with Crippen molar-refractivity contribution in [2.45, 2.75) is 6.92 Å². The Morgan fingerprint density at radius 2 is 1.80 bits per heavy atom. The summed E-state index contributed by atoms with van der Waals surface area (Å²) in [6.45, 7) is 2.52. The zero-order valence-corrected chi connectivity index (χ0v) is 16.2. The molecule has 0 unspecified atom stereocenters. The third-order valence-electron chi connectivity index (χ3n) is 3.51. The molecule has 0 aliphatic rings. The minimum absolute atomic E-state index is 0.137. The van der Waals surface area contributed by atoms with Gasteiger partial charge in [0.15, 0.2) is 0 Å². The number of amides is 1. The van der Waals surface area contributed by atoms with Crippen LogP contribution in [0.15, 0.2) is 53.0 Å². The number of hydrogen-bond donors (Lipinski definition) is 0. The summed E-state index contributed by atoms with van der Waals surface area (Å²) < 4.78 is 6.40. The van der Waals surface area contributed by atoms with E-state index in [-0.39, 0.29) is 5.91 Å². The molecular weight excluding hydrogens is 402 g/mol. The van der Waals surface area contributed by atoms with E-state index in [1.165, 1.54) is 16.2 Å². The van der Waals surface area contributed by atoms with E-state index in [4.69, 9.17) is 4.74 Å². The fourth-order valence-corrected chi connectivity index (χ4v) is 3.28. The number of anilines is 1. The van der Waals surface area contributed by atoms with Gasteiger partial charge >= 0.3 is 0 Å². The van der Waals surface area contributed by atoms with Crippen LogP contribution in [0.5, 0.6) is 5.75 Å². The molecule has 1 aromatic heterocycles. The third kappa shape index (κ3) is 4.05. The van der Waals surface area contributed by atoms with Crippen molar-refractivity contribution in [2.75, 3.05) is 18.6 Å². The zero-order valence-electron chi connectivity index (χ0n) is 13.8. The van der Waals surface area contributed by atoms with Crippen LogP contribution < -0.4 is 9.64 Å². The second kappa shape index (κ2) is 7.76. The number of rotatable bonds is 5. The van der Waals surface area contributed by atoms with E-state index < -0.39 is 0 Å². The summed E-state index contributed by atoms with van der Waals surface area (Å²) in [6, 6.07) is 14.9. The number of hydrogen-bond acceptors (Lipinski definition) is 5. The lowest BCUT2D eigenvalue weighted by Crippen LogP contribution is -2.26. The molecule has 1 amide bonds. The van der Waals surface area contributed by atoms with E-state index in [0.717, 1.165) is 20.8 Å². The van der Waals surface area contributed by atoms with E-state index in [1.54, 1.807) is 31.3 Å². The van der Waals surface area contributed by atoms with E-state index >= 15 is 0 Å². The average Bonchev–Trinajstić information content (AvgIpc) is 3.12. The predicted molar refractivity (Wildman–Crippen MR) is 103 cm³/mol. The van der Waals surface area contributed by atoms with Crippen molar-refractivity contribution >= 4 is 38.3 Å². The second-order valence-corrected chi connectivity index (χ2v) is 7.09. The molecule has 0 radical (unpaired) electrons. The fraction of sp³-hybridized carbons (Fsp3) is 0.167. The monoisotopic (exact) mass is 417 g/mol. The van der Waals surface area contributed by atoms with Crippen LogP contribution in [0.25, 0.3) is 10.6 Å². The highest BCUT2D eigenvalue weighted by Gasteiger charge is 2.18.